The molecule has 8 nitrogen and oxygen atoms in total. The Balaban J connectivity index is 1.07. The molecule has 1 aliphatic carbocycles. The average molecular weight is 651 g/mol. The van der Waals surface area contributed by atoms with E-state index in [1.165, 1.54) is 30.2 Å². The van der Waals surface area contributed by atoms with E-state index in [0.29, 0.717) is 55.3 Å². The molecule has 0 bridgehead atoms. The lowest BCUT2D eigenvalue weighted by molar-refractivity contribution is 0.0750. The van der Waals surface area contributed by atoms with Gasteiger partial charge in [0.25, 0.3) is 5.91 Å². The standard InChI is InChI=1S/C39H43FN4O4/c1-3-17-44(38(46)32-25-30(36(41)45)24-31(26-32)37-42-16-20-48-37)18-7-8-19-47-35-23-29(22-34(40)27-35)10-5-6-15-43-39(13-14-39)33-12-9-11-28(4-2)21-33/h2,9,11-12,16,20-27,43H,3,5-8,10,13-15,17-19H2,1H3,(H2,41,45). The summed E-state index contributed by atoms with van der Waals surface area (Å²) in [5, 5.41) is 3.72. The van der Waals surface area contributed by atoms with Crippen LogP contribution < -0.4 is 15.8 Å². The minimum Gasteiger partial charge on any atom is -0.493 e. The van der Waals surface area contributed by atoms with Gasteiger partial charge in [0.15, 0.2) is 0 Å². The van der Waals surface area contributed by atoms with Crippen LogP contribution in [0.1, 0.15) is 89.3 Å². The average Bonchev–Trinajstić information content (AvgIpc) is 3.67. The van der Waals surface area contributed by atoms with E-state index < -0.39 is 5.91 Å². The molecule has 0 atom stereocenters. The number of unbranched alkanes of at least 4 members (excludes halogenated alkanes) is 2. The number of nitrogens with one attached hydrogen (secondary N) is 1. The van der Waals surface area contributed by atoms with Gasteiger partial charge in [-0.25, -0.2) is 9.37 Å². The molecule has 4 aromatic rings. The third-order valence-electron chi connectivity index (χ3n) is 8.63. The molecule has 1 aliphatic rings. The minimum atomic E-state index is -0.639. The van der Waals surface area contributed by atoms with Crippen molar-refractivity contribution in [3.05, 3.63) is 107 Å². The summed E-state index contributed by atoms with van der Waals surface area (Å²) < 4.78 is 25.7. The molecule has 2 amide bonds. The highest BCUT2D eigenvalue weighted by molar-refractivity contribution is 6.00. The Hall–Kier alpha value is -4.94. The number of amides is 2. The second-order valence-corrected chi connectivity index (χ2v) is 12.3. The van der Waals surface area contributed by atoms with Crippen molar-refractivity contribution in [2.24, 2.45) is 5.73 Å². The number of ether oxygens (including phenoxy) is 1. The molecule has 3 N–H and O–H groups in total. The zero-order valence-electron chi connectivity index (χ0n) is 27.5. The van der Waals surface area contributed by atoms with Gasteiger partial charge < -0.3 is 25.1 Å². The van der Waals surface area contributed by atoms with E-state index in [1.54, 1.807) is 23.1 Å². The fourth-order valence-electron chi connectivity index (χ4n) is 5.97. The SMILES string of the molecule is C#Cc1cccc(C2(NCCCCc3cc(F)cc(OCCCCN(CCC)C(=O)c4cc(C(N)=O)cc(-c5ncco5)c4)c3)CC2)c1. The molecule has 1 aromatic heterocycles. The molecule has 0 spiro atoms. The first kappa shape index (κ1) is 34.4. The van der Waals surface area contributed by atoms with Gasteiger partial charge in [-0.3, -0.25) is 9.59 Å². The van der Waals surface area contributed by atoms with Crippen LogP contribution in [0, 0.1) is 18.2 Å². The van der Waals surface area contributed by atoms with Crippen LogP contribution in [0.15, 0.2) is 77.5 Å². The van der Waals surface area contributed by atoms with Crippen LogP contribution >= 0.6 is 0 Å². The highest BCUT2D eigenvalue weighted by atomic mass is 19.1. The van der Waals surface area contributed by atoms with Gasteiger partial charge in [0, 0.05) is 46.9 Å². The summed E-state index contributed by atoms with van der Waals surface area (Å²) in [6.45, 7) is 4.34. The zero-order chi connectivity index (χ0) is 33.9. The first-order valence-electron chi connectivity index (χ1n) is 16.7. The van der Waals surface area contributed by atoms with Gasteiger partial charge in [0.05, 0.1) is 12.8 Å². The number of benzene rings is 3. The van der Waals surface area contributed by atoms with Crippen LogP contribution in [0.2, 0.25) is 0 Å². The fraction of sp³-hybridized carbons (Fsp3) is 0.359. The summed E-state index contributed by atoms with van der Waals surface area (Å²) in [7, 11) is 0. The lowest BCUT2D eigenvalue weighted by atomic mass is 10.0. The predicted molar refractivity (Wildman–Crippen MR) is 184 cm³/mol. The number of rotatable bonds is 18. The number of aryl methyl sites for hydroxylation is 1. The van der Waals surface area contributed by atoms with Crippen molar-refractivity contribution >= 4 is 11.8 Å². The number of aromatic nitrogens is 1. The third-order valence-corrected chi connectivity index (χ3v) is 8.63. The largest absolute Gasteiger partial charge is 0.493 e. The van der Waals surface area contributed by atoms with Gasteiger partial charge in [-0.1, -0.05) is 25.0 Å². The van der Waals surface area contributed by atoms with Gasteiger partial charge in [-0.2, -0.15) is 0 Å². The Bertz CT molecular complexity index is 1740. The number of hydrogen-bond donors (Lipinski definition) is 2. The highest BCUT2D eigenvalue weighted by Crippen LogP contribution is 2.45. The Kier molecular flexibility index (Phi) is 11.6. The van der Waals surface area contributed by atoms with Crippen molar-refractivity contribution in [1.82, 2.24) is 15.2 Å². The van der Waals surface area contributed by atoms with Crippen LogP contribution in [0.4, 0.5) is 4.39 Å². The highest BCUT2D eigenvalue weighted by Gasteiger charge is 2.43. The predicted octanol–water partition coefficient (Wildman–Crippen LogP) is 6.87. The zero-order valence-corrected chi connectivity index (χ0v) is 27.5. The molecule has 0 saturated heterocycles. The van der Waals surface area contributed by atoms with Crippen molar-refractivity contribution in [2.75, 3.05) is 26.2 Å². The number of oxazole rings is 1. The molecule has 5 rings (SSSR count). The molecule has 0 aliphatic heterocycles. The summed E-state index contributed by atoms with van der Waals surface area (Å²) >= 11 is 0. The molecule has 0 unspecified atom stereocenters. The number of carbonyl (C=O) groups excluding carboxylic acids is 2. The lowest BCUT2D eigenvalue weighted by Crippen LogP contribution is -2.33. The maximum absolute atomic E-state index is 14.4. The monoisotopic (exact) mass is 650 g/mol. The third kappa shape index (κ3) is 9.11. The maximum atomic E-state index is 14.4. The van der Waals surface area contributed by atoms with Gasteiger partial charge in [0.1, 0.15) is 17.8 Å². The maximum Gasteiger partial charge on any atom is 0.253 e. The number of nitrogens with zero attached hydrogens (tertiary/aromatic N) is 2. The van der Waals surface area contributed by atoms with E-state index in [1.807, 2.05) is 25.1 Å². The first-order chi connectivity index (χ1) is 23.3. The Morgan fingerprint density at radius 1 is 1.06 bits per heavy atom. The molecule has 1 heterocycles. The van der Waals surface area contributed by atoms with Crippen LogP contribution in [0.25, 0.3) is 11.5 Å². The molecule has 1 fully saturated rings. The first-order valence-corrected chi connectivity index (χ1v) is 16.7. The van der Waals surface area contributed by atoms with Crippen molar-refractivity contribution < 1.29 is 23.1 Å². The summed E-state index contributed by atoms with van der Waals surface area (Å²) in [5.74, 6) is 2.37. The summed E-state index contributed by atoms with van der Waals surface area (Å²) in [6, 6.07) is 17.8. The number of nitrogens with two attached hydrogens (primary N) is 1. The Morgan fingerprint density at radius 3 is 2.62 bits per heavy atom. The smallest absolute Gasteiger partial charge is 0.253 e. The van der Waals surface area contributed by atoms with E-state index in [0.717, 1.165) is 56.2 Å². The number of carbonyl (C=O) groups is 2. The molecule has 0 radical (unpaired) electrons. The van der Waals surface area contributed by atoms with E-state index in [9.17, 15) is 14.0 Å². The summed E-state index contributed by atoms with van der Waals surface area (Å²) in [6.07, 6.45) is 15.5. The van der Waals surface area contributed by atoms with E-state index >= 15 is 0 Å². The van der Waals surface area contributed by atoms with Crippen LogP contribution in [0.5, 0.6) is 5.75 Å². The van der Waals surface area contributed by atoms with Crippen LogP contribution in [-0.4, -0.2) is 47.9 Å². The second kappa shape index (κ2) is 16.2. The van der Waals surface area contributed by atoms with Crippen LogP contribution in [0.3, 0.4) is 0 Å². The molecule has 250 valence electrons. The molecule has 9 heteroatoms. The number of halogens is 1. The quantitative estimate of drug-likeness (QED) is 0.0898. The van der Waals surface area contributed by atoms with Crippen molar-refractivity contribution in [2.45, 2.75) is 63.8 Å². The molecular weight excluding hydrogens is 607 g/mol. The topological polar surface area (TPSA) is 111 Å². The summed E-state index contributed by atoms with van der Waals surface area (Å²) in [5.41, 5.74) is 9.69. The minimum absolute atomic E-state index is 0.0329. The van der Waals surface area contributed by atoms with E-state index in [-0.39, 0.29) is 22.8 Å². The number of hydrogen-bond acceptors (Lipinski definition) is 6. The molecule has 1 saturated carbocycles. The Labute approximate surface area is 281 Å². The second-order valence-electron chi connectivity index (χ2n) is 12.3. The normalized spacial score (nSPS) is 13.1. The van der Waals surface area contributed by atoms with Crippen molar-refractivity contribution in [3.8, 4) is 29.5 Å². The molecular formula is C39H43FN4O4. The van der Waals surface area contributed by atoms with Crippen molar-refractivity contribution in [3.63, 3.8) is 0 Å². The number of primary amides is 1. The van der Waals surface area contributed by atoms with E-state index in [2.05, 4.69) is 28.4 Å². The molecule has 3 aromatic carbocycles. The van der Waals surface area contributed by atoms with Gasteiger partial charge in [0.2, 0.25) is 11.8 Å². The Morgan fingerprint density at radius 2 is 1.90 bits per heavy atom. The van der Waals surface area contributed by atoms with Crippen LogP contribution in [-0.2, 0) is 12.0 Å². The fourth-order valence-corrected chi connectivity index (χ4v) is 5.97. The van der Waals surface area contributed by atoms with Gasteiger partial charge in [-0.05, 0) is 112 Å². The van der Waals surface area contributed by atoms with Gasteiger partial charge >= 0.3 is 0 Å². The lowest BCUT2D eigenvalue weighted by Gasteiger charge is -2.23. The van der Waals surface area contributed by atoms with Crippen molar-refractivity contribution in [1.29, 1.82) is 0 Å². The van der Waals surface area contributed by atoms with Gasteiger partial charge in [-0.15, -0.1) is 6.42 Å². The van der Waals surface area contributed by atoms with E-state index in [4.69, 9.17) is 21.3 Å². The molecule has 48 heavy (non-hydrogen) atoms. The summed E-state index contributed by atoms with van der Waals surface area (Å²) in [4.78, 5) is 31.4. The number of terminal acetylenes is 1.